The summed E-state index contributed by atoms with van der Waals surface area (Å²) in [5, 5.41) is 2.13. The molecule has 0 aliphatic carbocycles. The van der Waals surface area contributed by atoms with Crippen LogP contribution in [0, 0.1) is 12.7 Å². The monoisotopic (exact) mass is 547 g/mol. The molecule has 2 aliphatic heterocycles. The molecule has 1 N–H and O–H groups in total. The number of carbonyl (C=O) groups excluding carboxylic acids is 1. The van der Waals surface area contributed by atoms with Crippen molar-refractivity contribution in [2.45, 2.75) is 37.6 Å². The Labute approximate surface area is 223 Å². The zero-order valence-electron chi connectivity index (χ0n) is 20.9. The van der Waals surface area contributed by atoms with Gasteiger partial charge >= 0.3 is 0 Å². The summed E-state index contributed by atoms with van der Waals surface area (Å²) in [6, 6.07) is 11.3. The second kappa shape index (κ2) is 10.3. The van der Waals surface area contributed by atoms with E-state index in [-0.39, 0.29) is 25.5 Å². The number of nitrogens with one attached hydrogen (secondary N) is 1. The third-order valence-corrected chi connectivity index (χ3v) is 9.32. The van der Waals surface area contributed by atoms with Crippen LogP contribution < -0.4 is 14.5 Å². The normalized spacial score (nSPS) is 16.9. The van der Waals surface area contributed by atoms with Crippen molar-refractivity contribution in [3.63, 3.8) is 0 Å². The van der Waals surface area contributed by atoms with E-state index < -0.39 is 10.0 Å². The quantitative estimate of drug-likeness (QED) is 0.493. The van der Waals surface area contributed by atoms with Crippen LogP contribution in [0.3, 0.4) is 0 Å². The van der Waals surface area contributed by atoms with Crippen LogP contribution in [0.2, 0.25) is 0 Å². The molecule has 1 atom stereocenters. The number of aromatic nitrogens is 1. The van der Waals surface area contributed by atoms with E-state index in [0.29, 0.717) is 31.3 Å². The smallest absolute Gasteiger partial charge is 0.263 e. The Morgan fingerprint density at radius 3 is 2.51 bits per heavy atom. The van der Waals surface area contributed by atoms with Gasteiger partial charge in [0.2, 0.25) is 5.91 Å². The van der Waals surface area contributed by atoms with Crippen molar-refractivity contribution >= 4 is 43.8 Å². The van der Waals surface area contributed by atoms with E-state index in [1.165, 1.54) is 17.4 Å². The van der Waals surface area contributed by atoms with Gasteiger partial charge in [-0.05, 0) is 74.7 Å². The van der Waals surface area contributed by atoms with E-state index in [1.54, 1.807) is 41.8 Å². The number of nitrogens with zero attached hydrogens (tertiary/aromatic N) is 4. The van der Waals surface area contributed by atoms with Crippen molar-refractivity contribution in [3.05, 3.63) is 64.9 Å². The number of sulfonamides is 1. The maximum atomic E-state index is 13.7. The van der Waals surface area contributed by atoms with Crippen LogP contribution in [-0.4, -0.2) is 63.0 Å². The van der Waals surface area contributed by atoms with E-state index in [2.05, 4.69) is 19.5 Å². The summed E-state index contributed by atoms with van der Waals surface area (Å²) in [6.07, 6.45) is 1.72. The number of fused-ring (bicyclic) bond motifs is 1. The zero-order chi connectivity index (χ0) is 26.2. The molecule has 1 fully saturated rings. The van der Waals surface area contributed by atoms with Gasteiger partial charge in [-0.25, -0.2) is 17.8 Å². The number of benzene rings is 2. The number of piperazine rings is 1. The Kier molecular flexibility index (Phi) is 7.09. The molecule has 0 spiro atoms. The van der Waals surface area contributed by atoms with Gasteiger partial charge in [0.15, 0.2) is 5.13 Å². The van der Waals surface area contributed by atoms with Crippen molar-refractivity contribution in [2.24, 2.45) is 0 Å². The number of anilines is 3. The molecule has 200 valence electrons. The molecule has 1 aromatic heterocycles. The highest BCUT2D eigenvalue weighted by Crippen LogP contribution is 2.30. The van der Waals surface area contributed by atoms with Crippen molar-refractivity contribution in [3.8, 4) is 0 Å². The number of hydrogen-bond donors (Lipinski definition) is 1. The van der Waals surface area contributed by atoms with Gasteiger partial charge in [0.25, 0.3) is 10.0 Å². The highest BCUT2D eigenvalue weighted by atomic mass is 32.2. The Bertz CT molecular complexity index is 1400. The van der Waals surface area contributed by atoms with Crippen molar-refractivity contribution < 1.29 is 20.5 Å². The molecule has 0 saturated carbocycles. The second-order valence-electron chi connectivity index (χ2n) is 9.45. The molecule has 1 saturated heterocycles. The van der Waals surface area contributed by atoms with Gasteiger partial charge in [-0.15, -0.1) is 11.3 Å². The summed E-state index contributed by atoms with van der Waals surface area (Å²) in [5.41, 5.74) is 3.58. The predicted octanol–water partition coefficient (Wildman–Crippen LogP) is 4.37. The van der Waals surface area contributed by atoms with E-state index in [0.717, 1.165) is 42.0 Å². The van der Waals surface area contributed by atoms with Crippen LogP contribution >= 0.6 is 11.3 Å². The fourth-order valence-electron chi connectivity index (χ4n) is 4.99. The first kappa shape index (κ1) is 25.5. The summed E-state index contributed by atoms with van der Waals surface area (Å²) in [4.78, 5) is 23.8. The lowest BCUT2D eigenvalue weighted by molar-refractivity contribution is -0.132. The first-order valence-electron chi connectivity index (χ1n) is 12.3. The molecule has 37 heavy (non-hydrogen) atoms. The number of halogens is 1. The fraction of sp³-hybridized carbons (Fsp3) is 0.385. The van der Waals surface area contributed by atoms with Crippen molar-refractivity contribution in [2.75, 3.05) is 47.2 Å². The molecule has 5 rings (SSSR count). The fourth-order valence-corrected chi connectivity index (χ4v) is 6.93. The number of thiazole rings is 1. The van der Waals surface area contributed by atoms with Gasteiger partial charge in [0, 0.05) is 52.3 Å². The Balaban J connectivity index is 0.00000210. The minimum absolute atomic E-state index is 0. The molecule has 2 aliphatic rings. The van der Waals surface area contributed by atoms with E-state index in [9.17, 15) is 17.6 Å². The topological polar surface area (TPSA) is 85.8 Å². The van der Waals surface area contributed by atoms with Crippen LogP contribution in [0.5, 0.6) is 0 Å². The summed E-state index contributed by atoms with van der Waals surface area (Å²) in [6.45, 7) is 6.99. The maximum absolute atomic E-state index is 13.7. The number of amides is 1. The predicted molar refractivity (Wildman–Crippen MR) is 149 cm³/mol. The van der Waals surface area contributed by atoms with Gasteiger partial charge < -0.3 is 14.7 Å². The lowest BCUT2D eigenvalue weighted by Gasteiger charge is -2.41. The van der Waals surface area contributed by atoms with Crippen LogP contribution in [0.4, 0.5) is 20.9 Å². The van der Waals surface area contributed by atoms with E-state index >= 15 is 0 Å². The third kappa shape index (κ3) is 5.42. The summed E-state index contributed by atoms with van der Waals surface area (Å²) in [7, 11) is -3.71. The standard InChI is InChI=1S/C26H30FN5O3S2.2H2/c1-18-17-36-26(28-18)29-37(34,35)23-8-6-22(7-9-23)30-12-14-31(15-13-30)25(33)19(2)32-11-3-4-20-16-21(27)5-10-24(20)32;;/h5-10,16-17,19H,3-4,11-15H2,1-2H3,(H,28,29);2*1H/t19-;;/m1../s1. The third-order valence-electron chi connectivity index (χ3n) is 6.97. The average Bonchev–Trinajstić information content (AvgIpc) is 3.31. The lowest BCUT2D eigenvalue weighted by atomic mass is 9.99. The largest absolute Gasteiger partial charge is 0.368 e. The van der Waals surface area contributed by atoms with Crippen LogP contribution in [-0.2, 0) is 21.2 Å². The molecule has 0 bridgehead atoms. The molecule has 2 aromatic carbocycles. The first-order valence-corrected chi connectivity index (χ1v) is 14.7. The molecular weight excluding hydrogens is 513 g/mol. The second-order valence-corrected chi connectivity index (χ2v) is 12.0. The molecule has 0 unspecified atom stereocenters. The Hall–Kier alpha value is -3.18. The molecule has 3 aromatic rings. The molecule has 0 radical (unpaired) electrons. The van der Waals surface area contributed by atoms with Gasteiger partial charge in [0.05, 0.1) is 10.6 Å². The van der Waals surface area contributed by atoms with Crippen LogP contribution in [0.1, 0.15) is 27.5 Å². The van der Waals surface area contributed by atoms with E-state index in [4.69, 9.17) is 0 Å². The van der Waals surface area contributed by atoms with Gasteiger partial charge in [0.1, 0.15) is 11.9 Å². The Morgan fingerprint density at radius 1 is 1.11 bits per heavy atom. The molecule has 3 heterocycles. The summed E-state index contributed by atoms with van der Waals surface area (Å²) >= 11 is 1.25. The molecular formula is C26H34FN5O3S2. The van der Waals surface area contributed by atoms with Gasteiger partial charge in [-0.3, -0.25) is 9.52 Å². The highest BCUT2D eigenvalue weighted by molar-refractivity contribution is 7.93. The lowest BCUT2D eigenvalue weighted by Crippen LogP contribution is -2.55. The van der Waals surface area contributed by atoms with Crippen LogP contribution in [0.15, 0.2) is 52.7 Å². The molecule has 8 nitrogen and oxygen atoms in total. The summed E-state index contributed by atoms with van der Waals surface area (Å²) < 4.78 is 41.6. The Morgan fingerprint density at radius 2 is 1.84 bits per heavy atom. The van der Waals surface area contributed by atoms with Gasteiger partial charge in [-0.2, -0.15) is 0 Å². The number of hydrogen-bond acceptors (Lipinski definition) is 7. The maximum Gasteiger partial charge on any atom is 0.263 e. The summed E-state index contributed by atoms with van der Waals surface area (Å²) in [5.74, 6) is -0.172. The zero-order valence-corrected chi connectivity index (χ0v) is 22.5. The number of rotatable bonds is 6. The van der Waals surface area contributed by atoms with Gasteiger partial charge in [-0.1, -0.05) is 0 Å². The minimum atomic E-state index is -3.71. The molecule has 11 heteroatoms. The van der Waals surface area contributed by atoms with Crippen molar-refractivity contribution in [1.82, 2.24) is 9.88 Å². The number of carbonyl (C=O) groups is 1. The minimum Gasteiger partial charge on any atom is -0.368 e. The van der Waals surface area contributed by atoms with E-state index in [1.807, 2.05) is 18.7 Å². The average molecular weight is 548 g/mol. The first-order chi connectivity index (χ1) is 17.7. The number of aryl methyl sites for hydroxylation is 2. The van der Waals surface area contributed by atoms with Crippen molar-refractivity contribution in [1.29, 1.82) is 0 Å². The van der Waals surface area contributed by atoms with Crippen LogP contribution in [0.25, 0.3) is 0 Å². The SMILES string of the molecule is Cc1csc(NS(=O)(=O)c2ccc(N3CCN(C(=O)[C@@H](C)N4CCCc5cc(F)ccc54)CC3)cc2)n1.[HH].[HH]. The molecule has 1 amide bonds. The highest BCUT2D eigenvalue weighted by Gasteiger charge is 2.31.